The van der Waals surface area contributed by atoms with Crippen molar-refractivity contribution >= 4 is 16.5 Å². The average Bonchev–Trinajstić information content (AvgIpc) is 2.27. The topological polar surface area (TPSA) is 91.2 Å². The molecule has 1 aromatic rings. The summed E-state index contributed by atoms with van der Waals surface area (Å²) in [5.74, 6) is 0.202. The van der Waals surface area contributed by atoms with Crippen LogP contribution in [0.1, 0.15) is 5.56 Å². The first-order valence-corrected chi connectivity index (χ1v) is 5.96. The minimum atomic E-state index is -3.73. The van der Waals surface area contributed by atoms with Gasteiger partial charge in [-0.05, 0) is 29.8 Å². The highest BCUT2D eigenvalue weighted by Crippen LogP contribution is 2.14. The molecule has 1 aromatic carbocycles. The Morgan fingerprint density at radius 3 is 2.41 bits per heavy atom. The maximum atomic E-state index is 11.4. The minimum Gasteiger partial charge on any atom is -0.371 e. The first-order valence-electron chi connectivity index (χ1n) is 4.60. The largest absolute Gasteiger partial charge is 0.384 e. The fraction of sp³-hybridized carbons (Fsp3) is 0.222. The van der Waals surface area contributed by atoms with Crippen LogP contribution < -0.4 is 9.77 Å². The van der Waals surface area contributed by atoms with E-state index >= 15 is 0 Å². The standard InChI is InChI=1S/C9H13N3O4S/c1-12(2)17(14,15)16-9-5-3-8(4-6-9)7-10-11-13/h3-7,11,13H,1-2H3. The molecule has 0 aliphatic carbocycles. The van der Waals surface area contributed by atoms with Crippen LogP contribution in [-0.2, 0) is 10.3 Å². The van der Waals surface area contributed by atoms with E-state index in [0.29, 0.717) is 5.56 Å². The van der Waals surface area contributed by atoms with E-state index in [2.05, 4.69) is 5.10 Å². The smallest absolute Gasteiger partial charge is 0.371 e. The van der Waals surface area contributed by atoms with E-state index in [1.54, 1.807) is 17.7 Å². The van der Waals surface area contributed by atoms with Crippen molar-refractivity contribution in [1.29, 1.82) is 0 Å². The number of rotatable bonds is 5. The summed E-state index contributed by atoms with van der Waals surface area (Å²) in [5, 5.41) is 11.6. The van der Waals surface area contributed by atoms with Crippen LogP contribution in [0.25, 0.3) is 0 Å². The molecule has 0 spiro atoms. The number of hydrazone groups is 1. The Morgan fingerprint density at radius 2 is 1.94 bits per heavy atom. The van der Waals surface area contributed by atoms with Crippen molar-refractivity contribution in [2.45, 2.75) is 0 Å². The van der Waals surface area contributed by atoms with Gasteiger partial charge in [0.1, 0.15) is 5.75 Å². The molecule has 17 heavy (non-hydrogen) atoms. The van der Waals surface area contributed by atoms with Gasteiger partial charge in [-0.15, -0.1) is 0 Å². The zero-order valence-corrected chi connectivity index (χ0v) is 10.2. The van der Waals surface area contributed by atoms with Crippen LogP contribution in [0.4, 0.5) is 0 Å². The van der Waals surface area contributed by atoms with Gasteiger partial charge in [0.05, 0.1) is 6.21 Å². The van der Waals surface area contributed by atoms with Gasteiger partial charge in [-0.1, -0.05) is 0 Å². The molecule has 0 radical (unpaired) electrons. The van der Waals surface area contributed by atoms with E-state index in [9.17, 15) is 8.42 Å². The van der Waals surface area contributed by atoms with Crippen LogP contribution in [-0.4, -0.2) is 38.2 Å². The molecule has 0 bridgehead atoms. The third kappa shape index (κ3) is 4.02. The summed E-state index contributed by atoms with van der Waals surface area (Å²) in [7, 11) is -0.977. The third-order valence-electron chi connectivity index (χ3n) is 1.80. The van der Waals surface area contributed by atoms with Crippen molar-refractivity contribution < 1.29 is 17.8 Å². The lowest BCUT2D eigenvalue weighted by atomic mass is 10.2. The first kappa shape index (κ1) is 13.4. The Balaban J connectivity index is 2.79. The molecule has 0 aliphatic heterocycles. The van der Waals surface area contributed by atoms with E-state index in [1.165, 1.54) is 32.4 Å². The molecule has 0 unspecified atom stereocenters. The highest BCUT2D eigenvalue weighted by molar-refractivity contribution is 7.84. The van der Waals surface area contributed by atoms with E-state index in [1.807, 2.05) is 0 Å². The van der Waals surface area contributed by atoms with Gasteiger partial charge in [0.2, 0.25) is 0 Å². The molecular formula is C9H13N3O4S. The predicted octanol–water partition coefficient (Wildman–Crippen LogP) is 0.185. The third-order valence-corrected chi connectivity index (χ3v) is 3.10. The number of hydrogen-bond acceptors (Lipinski definition) is 6. The van der Waals surface area contributed by atoms with Gasteiger partial charge in [0.15, 0.2) is 0 Å². The van der Waals surface area contributed by atoms with Gasteiger partial charge < -0.3 is 4.18 Å². The molecule has 0 heterocycles. The molecule has 0 aliphatic rings. The zero-order chi connectivity index (χ0) is 12.9. The van der Waals surface area contributed by atoms with Gasteiger partial charge in [-0.3, -0.25) is 5.21 Å². The summed E-state index contributed by atoms with van der Waals surface area (Å²) in [6, 6.07) is 6.17. The molecule has 0 saturated heterocycles. The second-order valence-electron chi connectivity index (χ2n) is 3.25. The van der Waals surface area contributed by atoms with Gasteiger partial charge in [-0.2, -0.15) is 23.4 Å². The Kier molecular flexibility index (Phi) is 4.44. The summed E-state index contributed by atoms with van der Waals surface area (Å²) in [5.41, 5.74) is 2.30. The quantitative estimate of drug-likeness (QED) is 0.581. The van der Waals surface area contributed by atoms with Gasteiger partial charge >= 0.3 is 10.3 Å². The number of hydrogen-bond donors (Lipinski definition) is 2. The van der Waals surface area contributed by atoms with Crippen molar-refractivity contribution in [1.82, 2.24) is 9.89 Å². The van der Waals surface area contributed by atoms with Crippen LogP contribution in [0.15, 0.2) is 29.4 Å². The number of nitrogens with zero attached hydrogens (tertiary/aromatic N) is 2. The average molecular weight is 259 g/mol. The van der Waals surface area contributed by atoms with Gasteiger partial charge in [0.25, 0.3) is 0 Å². The van der Waals surface area contributed by atoms with Gasteiger partial charge in [-0.25, -0.2) is 0 Å². The Morgan fingerprint density at radius 1 is 1.35 bits per heavy atom. The van der Waals surface area contributed by atoms with Crippen molar-refractivity contribution in [2.75, 3.05) is 14.1 Å². The van der Waals surface area contributed by atoms with Crippen LogP contribution in [0.2, 0.25) is 0 Å². The molecule has 2 N–H and O–H groups in total. The summed E-state index contributed by atoms with van der Waals surface area (Å²) in [6.45, 7) is 0. The van der Waals surface area contributed by atoms with Crippen molar-refractivity contribution in [3.63, 3.8) is 0 Å². The Bertz CT molecular complexity index is 481. The zero-order valence-electron chi connectivity index (χ0n) is 9.36. The second kappa shape index (κ2) is 5.62. The lowest BCUT2D eigenvalue weighted by Crippen LogP contribution is -2.26. The maximum absolute atomic E-state index is 11.4. The molecule has 0 fully saturated rings. The summed E-state index contributed by atoms with van der Waals surface area (Å²) >= 11 is 0. The van der Waals surface area contributed by atoms with Crippen molar-refractivity contribution in [3.05, 3.63) is 29.8 Å². The fourth-order valence-electron chi connectivity index (χ4n) is 0.909. The highest BCUT2D eigenvalue weighted by Gasteiger charge is 2.15. The van der Waals surface area contributed by atoms with E-state index in [4.69, 9.17) is 9.39 Å². The lowest BCUT2D eigenvalue weighted by Gasteiger charge is -2.11. The van der Waals surface area contributed by atoms with E-state index in [0.717, 1.165) is 4.31 Å². The molecule has 0 aromatic heterocycles. The fourth-order valence-corrected chi connectivity index (χ4v) is 1.41. The van der Waals surface area contributed by atoms with Crippen LogP contribution in [0.3, 0.4) is 0 Å². The van der Waals surface area contributed by atoms with E-state index in [-0.39, 0.29) is 5.75 Å². The summed E-state index contributed by atoms with van der Waals surface area (Å²) < 4.78 is 28.6. The first-order chi connectivity index (χ1) is 7.95. The van der Waals surface area contributed by atoms with Crippen LogP contribution in [0, 0.1) is 0 Å². The van der Waals surface area contributed by atoms with Crippen LogP contribution in [0.5, 0.6) is 5.75 Å². The molecular weight excluding hydrogens is 246 g/mol. The maximum Gasteiger partial charge on any atom is 0.384 e. The molecule has 0 saturated carbocycles. The molecule has 0 amide bonds. The SMILES string of the molecule is CN(C)S(=O)(=O)Oc1ccc(C=NNO)cc1. The normalized spacial score (nSPS) is 12.0. The minimum absolute atomic E-state index is 0.202. The Hall–Kier alpha value is -1.64. The highest BCUT2D eigenvalue weighted by atomic mass is 32.2. The monoisotopic (exact) mass is 259 g/mol. The van der Waals surface area contributed by atoms with E-state index < -0.39 is 10.3 Å². The lowest BCUT2D eigenvalue weighted by molar-refractivity contribution is 0.173. The molecule has 1 rings (SSSR count). The molecule has 7 nitrogen and oxygen atoms in total. The Labute approximate surface area is 99.5 Å². The summed E-state index contributed by atoms with van der Waals surface area (Å²) in [4.78, 5) is 0. The summed E-state index contributed by atoms with van der Waals surface area (Å²) in [6.07, 6.45) is 1.37. The number of nitrogens with one attached hydrogen (secondary N) is 1. The van der Waals surface area contributed by atoms with Crippen LogP contribution >= 0.6 is 0 Å². The predicted molar refractivity (Wildman–Crippen MR) is 62.2 cm³/mol. The van der Waals surface area contributed by atoms with Gasteiger partial charge in [0, 0.05) is 14.1 Å². The van der Waals surface area contributed by atoms with Crippen molar-refractivity contribution in [2.24, 2.45) is 5.10 Å². The molecule has 94 valence electrons. The molecule has 8 heteroatoms. The van der Waals surface area contributed by atoms with Crippen molar-refractivity contribution in [3.8, 4) is 5.75 Å². The molecule has 0 atom stereocenters. The second-order valence-corrected chi connectivity index (χ2v) is 5.00. The number of benzene rings is 1.